The van der Waals surface area contributed by atoms with Crippen molar-refractivity contribution in [3.8, 4) is 10.9 Å². The van der Waals surface area contributed by atoms with Crippen molar-refractivity contribution in [3.05, 3.63) is 30.0 Å². The number of aryl methyl sites for hydroxylation is 1. The Balaban J connectivity index is 2.02. The second-order valence-corrected chi connectivity index (χ2v) is 6.68. The second-order valence-electron chi connectivity index (χ2n) is 5.02. The third-order valence-electron chi connectivity index (χ3n) is 3.21. The van der Waals surface area contributed by atoms with E-state index in [2.05, 4.69) is 15.4 Å². The first-order chi connectivity index (χ1) is 11.0. The number of anilines is 1. The quantitative estimate of drug-likeness (QED) is 0.732. The number of amides is 1. The minimum atomic E-state index is -0.627. The summed E-state index contributed by atoms with van der Waals surface area (Å²) in [7, 11) is 1.63. The molecule has 1 atom stereocenters. The molecule has 0 fully saturated rings. The number of hydrogen-bond donors (Lipinski definition) is 1. The van der Waals surface area contributed by atoms with E-state index < -0.39 is 5.38 Å². The number of methoxy groups -OCH3 is 1. The highest BCUT2D eigenvalue weighted by Crippen LogP contribution is 2.30. The van der Waals surface area contributed by atoms with Gasteiger partial charge in [-0.1, -0.05) is 11.3 Å². The minimum Gasteiger partial charge on any atom is -0.497 e. The van der Waals surface area contributed by atoms with Gasteiger partial charge in [0.25, 0.3) is 0 Å². The van der Waals surface area contributed by atoms with Crippen molar-refractivity contribution >= 4 is 44.9 Å². The number of ether oxygens (including phenoxy) is 1. The Morgan fingerprint density at radius 2 is 2.22 bits per heavy atom. The number of thiazole rings is 1. The standard InChI is InChI=1S/C15H15ClN4O2S/c1-8-6-13(18-14(21)9(2)16)20(19-8)15-17-11-5-4-10(22-3)7-12(11)23-15/h4-7,9H,1-3H3,(H,18,21). The number of fused-ring (bicyclic) bond motifs is 1. The van der Waals surface area contributed by atoms with Gasteiger partial charge in [0.15, 0.2) is 0 Å². The number of alkyl halides is 1. The summed E-state index contributed by atoms with van der Waals surface area (Å²) in [5.41, 5.74) is 1.63. The number of carbonyl (C=O) groups excluding carboxylic acids is 1. The van der Waals surface area contributed by atoms with E-state index in [1.807, 2.05) is 25.1 Å². The molecule has 0 spiro atoms. The summed E-state index contributed by atoms with van der Waals surface area (Å²) in [5, 5.41) is 7.21. The highest BCUT2D eigenvalue weighted by atomic mass is 35.5. The van der Waals surface area contributed by atoms with Crippen molar-refractivity contribution in [1.29, 1.82) is 0 Å². The van der Waals surface area contributed by atoms with Crippen LogP contribution in [0, 0.1) is 6.92 Å². The molecule has 23 heavy (non-hydrogen) atoms. The molecule has 0 bridgehead atoms. The van der Waals surface area contributed by atoms with Crippen molar-refractivity contribution in [1.82, 2.24) is 14.8 Å². The maximum atomic E-state index is 11.8. The normalized spacial score (nSPS) is 12.3. The number of carbonyl (C=O) groups is 1. The lowest BCUT2D eigenvalue weighted by molar-refractivity contribution is -0.115. The van der Waals surface area contributed by atoms with E-state index >= 15 is 0 Å². The zero-order valence-electron chi connectivity index (χ0n) is 12.8. The highest BCUT2D eigenvalue weighted by Gasteiger charge is 2.16. The number of aromatic nitrogens is 3. The van der Waals surface area contributed by atoms with E-state index in [0.29, 0.717) is 10.9 Å². The van der Waals surface area contributed by atoms with Gasteiger partial charge in [-0.05, 0) is 32.0 Å². The van der Waals surface area contributed by atoms with Gasteiger partial charge in [0.1, 0.15) is 16.9 Å². The van der Waals surface area contributed by atoms with Crippen LogP contribution in [0.2, 0.25) is 0 Å². The number of nitrogens with one attached hydrogen (secondary N) is 1. The zero-order valence-corrected chi connectivity index (χ0v) is 14.4. The molecule has 0 saturated carbocycles. The number of benzene rings is 1. The average molecular weight is 351 g/mol. The molecular formula is C15H15ClN4O2S. The lowest BCUT2D eigenvalue weighted by atomic mass is 10.3. The number of rotatable bonds is 4. The molecule has 3 aromatic rings. The smallest absolute Gasteiger partial charge is 0.243 e. The largest absolute Gasteiger partial charge is 0.497 e. The Bertz CT molecular complexity index is 872. The van der Waals surface area contributed by atoms with Gasteiger partial charge < -0.3 is 10.1 Å². The number of nitrogens with zero attached hydrogens (tertiary/aromatic N) is 3. The van der Waals surface area contributed by atoms with Gasteiger partial charge in [-0.25, -0.2) is 4.98 Å². The fourth-order valence-electron chi connectivity index (χ4n) is 2.07. The number of hydrogen-bond acceptors (Lipinski definition) is 5. The van der Waals surface area contributed by atoms with Gasteiger partial charge >= 0.3 is 0 Å². The first-order valence-corrected chi connectivity index (χ1v) is 8.20. The van der Waals surface area contributed by atoms with Gasteiger partial charge in [0.2, 0.25) is 11.0 Å². The highest BCUT2D eigenvalue weighted by molar-refractivity contribution is 7.20. The molecule has 8 heteroatoms. The van der Waals surface area contributed by atoms with Crippen LogP contribution in [0.15, 0.2) is 24.3 Å². The Morgan fingerprint density at radius 1 is 1.43 bits per heavy atom. The van der Waals surface area contributed by atoms with Gasteiger partial charge in [0, 0.05) is 6.07 Å². The first-order valence-electron chi connectivity index (χ1n) is 6.94. The summed E-state index contributed by atoms with van der Waals surface area (Å²) >= 11 is 7.28. The molecule has 0 aliphatic heterocycles. The minimum absolute atomic E-state index is 0.282. The van der Waals surface area contributed by atoms with E-state index in [0.717, 1.165) is 21.7 Å². The Morgan fingerprint density at radius 3 is 2.91 bits per heavy atom. The average Bonchev–Trinajstić information content (AvgIpc) is 3.09. The van der Waals surface area contributed by atoms with Crippen LogP contribution in [0.5, 0.6) is 5.75 Å². The fourth-order valence-corrected chi connectivity index (χ4v) is 3.08. The maximum Gasteiger partial charge on any atom is 0.243 e. The molecule has 2 aromatic heterocycles. The van der Waals surface area contributed by atoms with Crippen LogP contribution in [0.1, 0.15) is 12.6 Å². The van der Waals surface area contributed by atoms with Crippen LogP contribution < -0.4 is 10.1 Å². The van der Waals surface area contributed by atoms with E-state index in [9.17, 15) is 4.79 Å². The van der Waals surface area contributed by atoms with Crippen molar-refractivity contribution in [2.45, 2.75) is 19.2 Å². The van der Waals surface area contributed by atoms with E-state index in [1.54, 1.807) is 24.8 Å². The predicted octanol–water partition coefficient (Wildman–Crippen LogP) is 3.36. The summed E-state index contributed by atoms with van der Waals surface area (Å²) in [5.74, 6) is 1.04. The third-order valence-corrected chi connectivity index (χ3v) is 4.40. The van der Waals surface area contributed by atoms with Crippen molar-refractivity contribution in [2.75, 3.05) is 12.4 Å². The van der Waals surface area contributed by atoms with Crippen LogP contribution in [0.4, 0.5) is 5.82 Å². The molecule has 2 heterocycles. The van der Waals surface area contributed by atoms with Gasteiger partial charge in [-0.3, -0.25) is 4.79 Å². The molecular weight excluding hydrogens is 336 g/mol. The van der Waals surface area contributed by atoms with Gasteiger partial charge in [0.05, 0.1) is 23.0 Å². The molecule has 1 N–H and O–H groups in total. The van der Waals surface area contributed by atoms with Crippen LogP contribution in [-0.4, -0.2) is 33.2 Å². The summed E-state index contributed by atoms with van der Waals surface area (Å²) in [4.78, 5) is 16.4. The second kappa shape index (κ2) is 6.17. The van der Waals surface area contributed by atoms with Crippen LogP contribution in [0.3, 0.4) is 0 Å². The van der Waals surface area contributed by atoms with Gasteiger partial charge in [-0.2, -0.15) is 9.78 Å². The molecule has 0 aliphatic carbocycles. The summed E-state index contributed by atoms with van der Waals surface area (Å²) in [6, 6.07) is 7.46. The molecule has 120 valence electrons. The van der Waals surface area contributed by atoms with E-state index in [4.69, 9.17) is 16.3 Å². The van der Waals surface area contributed by atoms with Gasteiger partial charge in [-0.15, -0.1) is 11.6 Å². The summed E-state index contributed by atoms with van der Waals surface area (Å²) in [6.07, 6.45) is 0. The Hall–Kier alpha value is -2.12. The topological polar surface area (TPSA) is 69.0 Å². The number of halogens is 1. The predicted molar refractivity (Wildman–Crippen MR) is 92.0 cm³/mol. The maximum absolute atomic E-state index is 11.8. The van der Waals surface area contributed by atoms with Crippen molar-refractivity contribution < 1.29 is 9.53 Å². The molecule has 0 aliphatic rings. The SMILES string of the molecule is COc1ccc2nc(-n3nc(C)cc3NC(=O)C(C)Cl)sc2c1. The summed E-state index contributed by atoms with van der Waals surface area (Å²) in [6.45, 7) is 3.47. The van der Waals surface area contributed by atoms with Crippen LogP contribution in [-0.2, 0) is 4.79 Å². The first kappa shape index (κ1) is 15.8. The lowest BCUT2D eigenvalue weighted by Crippen LogP contribution is -2.22. The van der Waals surface area contributed by atoms with E-state index in [1.165, 1.54) is 11.3 Å². The summed E-state index contributed by atoms with van der Waals surface area (Å²) < 4.78 is 7.83. The molecule has 1 aromatic carbocycles. The van der Waals surface area contributed by atoms with Crippen molar-refractivity contribution in [2.24, 2.45) is 0 Å². The van der Waals surface area contributed by atoms with E-state index in [-0.39, 0.29) is 5.91 Å². The van der Waals surface area contributed by atoms with Crippen LogP contribution >= 0.6 is 22.9 Å². The monoisotopic (exact) mass is 350 g/mol. The zero-order chi connectivity index (χ0) is 16.6. The molecule has 6 nitrogen and oxygen atoms in total. The molecule has 3 rings (SSSR count). The molecule has 1 unspecified atom stereocenters. The van der Waals surface area contributed by atoms with Crippen LogP contribution in [0.25, 0.3) is 15.3 Å². The molecule has 0 radical (unpaired) electrons. The third kappa shape index (κ3) is 3.16. The fraction of sp³-hybridized carbons (Fsp3) is 0.267. The Kier molecular flexibility index (Phi) is 4.23. The van der Waals surface area contributed by atoms with Crippen molar-refractivity contribution in [3.63, 3.8) is 0 Å². The Labute approximate surface area is 142 Å². The molecule has 0 saturated heterocycles. The lowest BCUT2D eigenvalue weighted by Gasteiger charge is -2.07. The molecule has 1 amide bonds.